The third-order valence-electron chi connectivity index (χ3n) is 2.53. The van der Waals surface area contributed by atoms with E-state index in [0.29, 0.717) is 19.1 Å². The quantitative estimate of drug-likeness (QED) is 0.626. The van der Waals surface area contributed by atoms with Gasteiger partial charge in [-0.25, -0.2) is 4.79 Å². The molecule has 1 rings (SSSR count). The fraction of sp³-hybridized carbons (Fsp3) is 0.900. The van der Waals surface area contributed by atoms with Crippen molar-refractivity contribution in [2.45, 2.75) is 31.9 Å². The van der Waals surface area contributed by atoms with Crippen molar-refractivity contribution in [3.05, 3.63) is 0 Å². The molecule has 88 valence electrons. The number of ether oxygens (including phenoxy) is 2. The van der Waals surface area contributed by atoms with Crippen molar-refractivity contribution in [3.63, 3.8) is 0 Å². The second-order valence-electron chi connectivity index (χ2n) is 3.90. The SMILES string of the molecule is COCCOC(C1CC1)C(C)NC(=O)O. The van der Waals surface area contributed by atoms with Gasteiger partial charge in [-0.05, 0) is 25.7 Å². The summed E-state index contributed by atoms with van der Waals surface area (Å²) in [6.07, 6.45) is 1.24. The van der Waals surface area contributed by atoms with Crippen molar-refractivity contribution in [1.82, 2.24) is 5.32 Å². The summed E-state index contributed by atoms with van der Waals surface area (Å²) in [5.74, 6) is 0.503. The lowest BCUT2D eigenvalue weighted by atomic mass is 10.1. The highest BCUT2D eigenvalue weighted by Gasteiger charge is 2.36. The molecule has 0 aromatic carbocycles. The lowest BCUT2D eigenvalue weighted by Gasteiger charge is -2.24. The van der Waals surface area contributed by atoms with Gasteiger partial charge in [0.25, 0.3) is 0 Å². The van der Waals surface area contributed by atoms with E-state index in [9.17, 15) is 4.79 Å². The number of hydrogen-bond donors (Lipinski definition) is 2. The number of methoxy groups -OCH3 is 1. The monoisotopic (exact) mass is 217 g/mol. The molecule has 0 spiro atoms. The zero-order chi connectivity index (χ0) is 11.3. The van der Waals surface area contributed by atoms with E-state index in [1.54, 1.807) is 7.11 Å². The standard InChI is InChI=1S/C10H19NO4/c1-7(11-10(12)13)9(8-3-4-8)15-6-5-14-2/h7-9,11H,3-6H2,1-2H3,(H,12,13). The highest BCUT2D eigenvalue weighted by Crippen LogP contribution is 2.35. The molecule has 15 heavy (non-hydrogen) atoms. The van der Waals surface area contributed by atoms with Gasteiger partial charge in [0.15, 0.2) is 0 Å². The first-order chi connectivity index (χ1) is 7.15. The molecule has 1 saturated carbocycles. The Morgan fingerprint density at radius 1 is 1.53 bits per heavy atom. The molecule has 1 fully saturated rings. The van der Waals surface area contributed by atoms with Crippen LogP contribution in [0.2, 0.25) is 0 Å². The molecule has 0 heterocycles. The van der Waals surface area contributed by atoms with Crippen molar-refractivity contribution < 1.29 is 19.4 Å². The molecule has 0 aromatic rings. The fourth-order valence-electron chi connectivity index (χ4n) is 1.66. The maximum absolute atomic E-state index is 10.5. The maximum Gasteiger partial charge on any atom is 0.404 e. The van der Waals surface area contributed by atoms with Crippen molar-refractivity contribution in [1.29, 1.82) is 0 Å². The maximum atomic E-state index is 10.5. The van der Waals surface area contributed by atoms with E-state index in [-0.39, 0.29) is 12.1 Å². The Bertz CT molecular complexity index is 206. The van der Waals surface area contributed by atoms with Crippen LogP contribution in [-0.2, 0) is 9.47 Å². The number of carboxylic acid groups (broad SMARTS) is 1. The predicted molar refractivity (Wildman–Crippen MR) is 55.0 cm³/mol. The first-order valence-corrected chi connectivity index (χ1v) is 5.25. The van der Waals surface area contributed by atoms with Crippen LogP contribution < -0.4 is 5.32 Å². The minimum Gasteiger partial charge on any atom is -0.465 e. The molecule has 2 unspecified atom stereocenters. The van der Waals surface area contributed by atoms with Gasteiger partial charge in [0.1, 0.15) is 0 Å². The Labute approximate surface area is 89.8 Å². The Hall–Kier alpha value is -0.810. The molecule has 2 N–H and O–H groups in total. The first kappa shape index (κ1) is 12.3. The van der Waals surface area contributed by atoms with Crippen LogP contribution in [0.5, 0.6) is 0 Å². The molecule has 0 bridgehead atoms. The van der Waals surface area contributed by atoms with Crippen LogP contribution in [0.4, 0.5) is 4.79 Å². The van der Waals surface area contributed by atoms with E-state index in [1.165, 1.54) is 0 Å². The molecule has 0 aromatic heterocycles. The number of nitrogens with one attached hydrogen (secondary N) is 1. The van der Waals surface area contributed by atoms with Gasteiger partial charge >= 0.3 is 6.09 Å². The smallest absolute Gasteiger partial charge is 0.404 e. The third kappa shape index (κ3) is 4.48. The van der Waals surface area contributed by atoms with Gasteiger partial charge in [0.05, 0.1) is 25.4 Å². The Morgan fingerprint density at radius 2 is 2.20 bits per heavy atom. The van der Waals surface area contributed by atoms with Crippen molar-refractivity contribution in [2.75, 3.05) is 20.3 Å². The molecule has 2 atom stereocenters. The van der Waals surface area contributed by atoms with E-state index in [2.05, 4.69) is 5.32 Å². The highest BCUT2D eigenvalue weighted by molar-refractivity contribution is 5.64. The summed E-state index contributed by atoms with van der Waals surface area (Å²) >= 11 is 0. The minimum absolute atomic E-state index is 0.0174. The average Bonchev–Trinajstić information content (AvgIpc) is 2.94. The fourth-order valence-corrected chi connectivity index (χ4v) is 1.66. The van der Waals surface area contributed by atoms with Crippen LogP contribution >= 0.6 is 0 Å². The van der Waals surface area contributed by atoms with Crippen LogP contribution in [0.15, 0.2) is 0 Å². The number of amides is 1. The molecule has 0 radical (unpaired) electrons. The van der Waals surface area contributed by atoms with Gasteiger partial charge in [-0.1, -0.05) is 0 Å². The average molecular weight is 217 g/mol. The van der Waals surface area contributed by atoms with Crippen molar-refractivity contribution in [2.24, 2.45) is 5.92 Å². The zero-order valence-electron chi connectivity index (χ0n) is 9.23. The molecular formula is C10H19NO4. The van der Waals surface area contributed by atoms with Crippen LogP contribution in [0.25, 0.3) is 0 Å². The second-order valence-corrected chi connectivity index (χ2v) is 3.90. The largest absolute Gasteiger partial charge is 0.465 e. The third-order valence-corrected chi connectivity index (χ3v) is 2.53. The lowest BCUT2D eigenvalue weighted by Crippen LogP contribution is -2.43. The van der Waals surface area contributed by atoms with Crippen LogP contribution in [0, 0.1) is 5.92 Å². The summed E-state index contributed by atoms with van der Waals surface area (Å²) < 4.78 is 10.5. The minimum atomic E-state index is -0.997. The molecule has 1 amide bonds. The normalized spacial score (nSPS) is 19.6. The second kappa shape index (κ2) is 5.92. The lowest BCUT2D eigenvalue weighted by molar-refractivity contribution is -0.00932. The Kier molecular flexibility index (Phi) is 4.84. The molecule has 5 nitrogen and oxygen atoms in total. The van der Waals surface area contributed by atoms with E-state index < -0.39 is 6.09 Å². The summed E-state index contributed by atoms with van der Waals surface area (Å²) in [6.45, 7) is 2.90. The van der Waals surface area contributed by atoms with Crippen LogP contribution in [0.1, 0.15) is 19.8 Å². The van der Waals surface area contributed by atoms with E-state index in [1.807, 2.05) is 6.92 Å². The zero-order valence-corrected chi connectivity index (χ0v) is 9.23. The summed E-state index contributed by atoms with van der Waals surface area (Å²) in [7, 11) is 1.62. The molecule has 0 aliphatic heterocycles. The molecule has 5 heteroatoms. The van der Waals surface area contributed by atoms with Gasteiger partial charge in [-0.3, -0.25) is 0 Å². The molecular weight excluding hydrogens is 198 g/mol. The Morgan fingerprint density at radius 3 is 2.67 bits per heavy atom. The summed E-state index contributed by atoms with van der Waals surface area (Å²) in [5.41, 5.74) is 0. The van der Waals surface area contributed by atoms with Crippen LogP contribution in [0.3, 0.4) is 0 Å². The van der Waals surface area contributed by atoms with E-state index >= 15 is 0 Å². The molecule has 0 saturated heterocycles. The van der Waals surface area contributed by atoms with Crippen LogP contribution in [-0.4, -0.2) is 43.7 Å². The van der Waals surface area contributed by atoms with E-state index in [0.717, 1.165) is 12.8 Å². The predicted octanol–water partition coefficient (Wildman–Crippen LogP) is 1.08. The van der Waals surface area contributed by atoms with Gasteiger partial charge in [0, 0.05) is 7.11 Å². The Balaban J connectivity index is 2.31. The summed E-state index contributed by atoms with van der Waals surface area (Å²) in [6, 6.07) is -0.160. The number of hydrogen-bond acceptors (Lipinski definition) is 3. The summed E-state index contributed by atoms with van der Waals surface area (Å²) in [5, 5.41) is 11.1. The van der Waals surface area contributed by atoms with Gasteiger partial charge < -0.3 is 19.9 Å². The highest BCUT2D eigenvalue weighted by atomic mass is 16.5. The van der Waals surface area contributed by atoms with Gasteiger partial charge in [-0.15, -0.1) is 0 Å². The topological polar surface area (TPSA) is 67.8 Å². The van der Waals surface area contributed by atoms with Crippen molar-refractivity contribution >= 4 is 6.09 Å². The summed E-state index contributed by atoms with van der Waals surface area (Å²) in [4.78, 5) is 10.5. The number of carbonyl (C=O) groups is 1. The van der Waals surface area contributed by atoms with Gasteiger partial charge in [0.2, 0.25) is 0 Å². The molecule has 1 aliphatic carbocycles. The molecule has 1 aliphatic rings. The number of rotatable bonds is 7. The van der Waals surface area contributed by atoms with E-state index in [4.69, 9.17) is 14.6 Å². The van der Waals surface area contributed by atoms with Crippen molar-refractivity contribution in [3.8, 4) is 0 Å². The van der Waals surface area contributed by atoms with Gasteiger partial charge in [-0.2, -0.15) is 0 Å². The first-order valence-electron chi connectivity index (χ1n) is 5.25.